The summed E-state index contributed by atoms with van der Waals surface area (Å²) in [5.74, 6) is 1.06. The normalized spacial score (nSPS) is 10.1. The van der Waals surface area contributed by atoms with Gasteiger partial charge in [0, 0.05) is 13.6 Å². The lowest BCUT2D eigenvalue weighted by Crippen LogP contribution is -2.21. The Bertz CT molecular complexity index is 299. The second-order valence-corrected chi connectivity index (χ2v) is 3.27. The number of anilines is 3. The van der Waals surface area contributed by atoms with E-state index in [2.05, 4.69) is 16.9 Å². The lowest BCUT2D eigenvalue weighted by Gasteiger charge is -2.19. The number of hydrogen-bond donors (Lipinski definition) is 2. The van der Waals surface area contributed by atoms with Crippen molar-refractivity contribution in [3.63, 3.8) is 0 Å². The lowest BCUT2D eigenvalue weighted by molar-refractivity contribution is 0.759. The van der Waals surface area contributed by atoms with E-state index in [4.69, 9.17) is 11.5 Å². The fourth-order valence-corrected chi connectivity index (χ4v) is 1.20. The third kappa shape index (κ3) is 2.25. The van der Waals surface area contributed by atoms with Crippen molar-refractivity contribution >= 4 is 17.3 Å². The zero-order valence-electron chi connectivity index (χ0n) is 8.70. The molecule has 4 N–H and O–H groups in total. The molecule has 0 unspecified atom stereocenters. The van der Waals surface area contributed by atoms with Crippen LogP contribution in [-0.2, 0) is 0 Å². The molecule has 0 aromatic carbocycles. The molecule has 0 spiro atoms. The van der Waals surface area contributed by atoms with Gasteiger partial charge in [-0.1, -0.05) is 13.3 Å². The molecule has 0 saturated carbocycles. The summed E-state index contributed by atoms with van der Waals surface area (Å²) in [5, 5.41) is 0. The minimum Gasteiger partial charge on any atom is -0.393 e. The van der Waals surface area contributed by atoms with Gasteiger partial charge in [-0.2, -0.15) is 0 Å². The predicted molar refractivity (Wildman–Crippen MR) is 59.0 cm³/mol. The SMILES string of the molecule is CCCCN(C)c1ncnc(N)c1N. The minimum absolute atomic E-state index is 0.346. The standard InChI is InChI=1S/C9H17N5/c1-3-4-5-14(2)9-7(10)8(11)12-6-13-9/h6H,3-5,10H2,1-2H3,(H2,11,12,13). The zero-order chi connectivity index (χ0) is 10.6. The molecule has 78 valence electrons. The molecule has 0 fully saturated rings. The van der Waals surface area contributed by atoms with Crippen molar-refractivity contribution in [2.45, 2.75) is 19.8 Å². The third-order valence-electron chi connectivity index (χ3n) is 2.10. The van der Waals surface area contributed by atoms with Gasteiger partial charge in [0.2, 0.25) is 0 Å². The highest BCUT2D eigenvalue weighted by Crippen LogP contribution is 2.22. The number of unbranched alkanes of at least 4 members (excludes halogenated alkanes) is 1. The summed E-state index contributed by atoms with van der Waals surface area (Å²) in [7, 11) is 1.95. The van der Waals surface area contributed by atoms with E-state index in [0.717, 1.165) is 19.4 Å². The highest BCUT2D eigenvalue weighted by molar-refractivity contribution is 5.72. The average Bonchev–Trinajstić information content (AvgIpc) is 2.18. The zero-order valence-corrected chi connectivity index (χ0v) is 8.70. The summed E-state index contributed by atoms with van der Waals surface area (Å²) in [6, 6.07) is 0. The second kappa shape index (κ2) is 4.64. The van der Waals surface area contributed by atoms with Crippen molar-refractivity contribution in [2.75, 3.05) is 30.0 Å². The number of nitrogens with zero attached hydrogens (tertiary/aromatic N) is 3. The third-order valence-corrected chi connectivity index (χ3v) is 2.10. The monoisotopic (exact) mass is 195 g/mol. The van der Waals surface area contributed by atoms with Gasteiger partial charge in [-0.05, 0) is 6.42 Å². The number of hydrogen-bond acceptors (Lipinski definition) is 5. The topological polar surface area (TPSA) is 81.1 Å². The molecule has 1 aromatic rings. The number of nitrogens with two attached hydrogens (primary N) is 2. The highest BCUT2D eigenvalue weighted by Gasteiger charge is 2.08. The second-order valence-electron chi connectivity index (χ2n) is 3.27. The van der Waals surface area contributed by atoms with Crippen molar-refractivity contribution in [3.8, 4) is 0 Å². The van der Waals surface area contributed by atoms with E-state index < -0.39 is 0 Å². The quantitative estimate of drug-likeness (QED) is 0.745. The van der Waals surface area contributed by atoms with Crippen LogP contribution in [0.3, 0.4) is 0 Å². The Kier molecular flexibility index (Phi) is 3.50. The highest BCUT2D eigenvalue weighted by atomic mass is 15.2. The molecule has 0 aliphatic rings. The maximum Gasteiger partial charge on any atom is 0.157 e. The first-order chi connectivity index (χ1) is 6.66. The largest absolute Gasteiger partial charge is 0.393 e. The average molecular weight is 195 g/mol. The van der Waals surface area contributed by atoms with Crippen LogP contribution in [0, 0.1) is 0 Å². The molecule has 0 aliphatic carbocycles. The molecule has 1 aromatic heterocycles. The molecule has 0 aliphatic heterocycles. The van der Waals surface area contributed by atoms with Gasteiger partial charge in [-0.25, -0.2) is 9.97 Å². The van der Waals surface area contributed by atoms with Crippen LogP contribution in [0.4, 0.5) is 17.3 Å². The first-order valence-corrected chi connectivity index (χ1v) is 4.74. The molecule has 0 amide bonds. The number of nitrogen functional groups attached to an aromatic ring is 2. The van der Waals surface area contributed by atoms with Gasteiger partial charge in [0.05, 0.1) is 0 Å². The summed E-state index contributed by atoms with van der Waals surface area (Å²) in [5.41, 5.74) is 11.8. The first-order valence-electron chi connectivity index (χ1n) is 4.74. The van der Waals surface area contributed by atoms with Crippen molar-refractivity contribution in [1.82, 2.24) is 9.97 Å². The summed E-state index contributed by atoms with van der Waals surface area (Å²) >= 11 is 0. The molecular weight excluding hydrogens is 178 g/mol. The fraction of sp³-hybridized carbons (Fsp3) is 0.556. The Balaban J connectivity index is 2.79. The van der Waals surface area contributed by atoms with E-state index in [9.17, 15) is 0 Å². The summed E-state index contributed by atoms with van der Waals surface area (Å²) in [4.78, 5) is 9.92. The van der Waals surface area contributed by atoms with Gasteiger partial charge < -0.3 is 16.4 Å². The Morgan fingerprint density at radius 2 is 2.07 bits per heavy atom. The van der Waals surface area contributed by atoms with Crippen LogP contribution in [0.5, 0.6) is 0 Å². The predicted octanol–water partition coefficient (Wildman–Crippen LogP) is 0.877. The smallest absolute Gasteiger partial charge is 0.157 e. The summed E-state index contributed by atoms with van der Waals surface area (Å²) < 4.78 is 0. The van der Waals surface area contributed by atoms with E-state index >= 15 is 0 Å². The van der Waals surface area contributed by atoms with Gasteiger partial charge in [-0.15, -0.1) is 0 Å². The van der Waals surface area contributed by atoms with Crippen LogP contribution >= 0.6 is 0 Å². The van der Waals surface area contributed by atoms with E-state index in [1.807, 2.05) is 11.9 Å². The van der Waals surface area contributed by atoms with E-state index in [-0.39, 0.29) is 0 Å². The van der Waals surface area contributed by atoms with Gasteiger partial charge >= 0.3 is 0 Å². The van der Waals surface area contributed by atoms with Crippen LogP contribution in [-0.4, -0.2) is 23.6 Å². The maximum atomic E-state index is 5.76. The summed E-state index contributed by atoms with van der Waals surface area (Å²) in [6.45, 7) is 3.07. The minimum atomic E-state index is 0.346. The Labute approximate surface area is 84.1 Å². The van der Waals surface area contributed by atoms with Gasteiger partial charge in [0.15, 0.2) is 11.6 Å². The van der Waals surface area contributed by atoms with Crippen molar-refractivity contribution in [1.29, 1.82) is 0 Å². The van der Waals surface area contributed by atoms with Crippen LogP contribution in [0.15, 0.2) is 6.33 Å². The molecule has 0 atom stereocenters. The Hall–Kier alpha value is -1.52. The molecule has 1 heterocycles. The van der Waals surface area contributed by atoms with Crippen LogP contribution in [0.1, 0.15) is 19.8 Å². The first kappa shape index (κ1) is 10.6. The molecule has 0 radical (unpaired) electrons. The molecule has 0 saturated heterocycles. The Morgan fingerprint density at radius 3 is 2.71 bits per heavy atom. The number of aromatic nitrogens is 2. The van der Waals surface area contributed by atoms with Gasteiger partial charge in [-0.3, -0.25) is 0 Å². The summed E-state index contributed by atoms with van der Waals surface area (Å²) in [6.07, 6.45) is 3.69. The molecule has 14 heavy (non-hydrogen) atoms. The van der Waals surface area contributed by atoms with E-state index in [0.29, 0.717) is 17.3 Å². The lowest BCUT2D eigenvalue weighted by atomic mass is 10.3. The van der Waals surface area contributed by atoms with Crippen molar-refractivity contribution in [3.05, 3.63) is 6.33 Å². The van der Waals surface area contributed by atoms with Gasteiger partial charge in [0.25, 0.3) is 0 Å². The van der Waals surface area contributed by atoms with Crippen LogP contribution in [0.25, 0.3) is 0 Å². The molecular formula is C9H17N5. The molecule has 1 rings (SSSR count). The Morgan fingerprint density at radius 1 is 1.36 bits per heavy atom. The van der Waals surface area contributed by atoms with Crippen LogP contribution in [0.2, 0.25) is 0 Å². The number of rotatable bonds is 4. The van der Waals surface area contributed by atoms with Gasteiger partial charge in [0.1, 0.15) is 12.0 Å². The van der Waals surface area contributed by atoms with E-state index in [1.54, 1.807) is 0 Å². The maximum absolute atomic E-state index is 5.76. The van der Waals surface area contributed by atoms with E-state index in [1.165, 1.54) is 6.33 Å². The molecule has 5 heteroatoms. The fourth-order valence-electron chi connectivity index (χ4n) is 1.20. The van der Waals surface area contributed by atoms with Crippen molar-refractivity contribution < 1.29 is 0 Å². The van der Waals surface area contributed by atoms with Crippen LogP contribution < -0.4 is 16.4 Å². The van der Waals surface area contributed by atoms with Crippen molar-refractivity contribution in [2.24, 2.45) is 0 Å². The molecule has 0 bridgehead atoms. The molecule has 5 nitrogen and oxygen atoms in total.